The van der Waals surface area contributed by atoms with Crippen LogP contribution < -0.4 is 10.6 Å². The van der Waals surface area contributed by atoms with E-state index in [2.05, 4.69) is 22.1 Å². The van der Waals surface area contributed by atoms with Crippen molar-refractivity contribution in [2.75, 3.05) is 13.1 Å². The number of thiophene rings is 1. The number of imide groups is 1. The molecule has 0 aliphatic carbocycles. The van der Waals surface area contributed by atoms with Crippen LogP contribution in [0.25, 0.3) is 0 Å². The Morgan fingerprint density at radius 3 is 2.50 bits per heavy atom. The molecule has 1 atom stereocenters. The lowest BCUT2D eigenvalue weighted by atomic mass is 9.74. The molecule has 2 aliphatic heterocycles. The first kappa shape index (κ1) is 20.6. The molecule has 2 aliphatic rings. The van der Waals surface area contributed by atoms with Gasteiger partial charge in [-0.3, -0.25) is 14.9 Å². The molecule has 0 saturated carbocycles. The summed E-state index contributed by atoms with van der Waals surface area (Å²) in [5, 5.41) is 7.42. The van der Waals surface area contributed by atoms with Gasteiger partial charge in [0, 0.05) is 30.8 Å². The first-order valence-electron chi connectivity index (χ1n) is 10.5. The highest BCUT2D eigenvalue weighted by Gasteiger charge is 2.52. The fourth-order valence-electron chi connectivity index (χ4n) is 4.63. The number of rotatable bonds is 7. The molecule has 0 spiro atoms. The minimum atomic E-state index is -0.938. The van der Waals surface area contributed by atoms with Crippen molar-refractivity contribution in [2.24, 2.45) is 5.92 Å². The van der Waals surface area contributed by atoms with E-state index in [1.165, 1.54) is 4.88 Å². The predicted octanol–water partition coefficient (Wildman–Crippen LogP) is 3.13. The van der Waals surface area contributed by atoms with Crippen molar-refractivity contribution >= 4 is 29.2 Å². The second kappa shape index (κ2) is 9.00. The van der Waals surface area contributed by atoms with Gasteiger partial charge in [0.15, 0.2) is 0 Å². The van der Waals surface area contributed by atoms with Gasteiger partial charge in [-0.05, 0) is 48.6 Å². The van der Waals surface area contributed by atoms with Crippen LogP contribution in [0.2, 0.25) is 0 Å². The molecule has 0 radical (unpaired) electrons. The summed E-state index contributed by atoms with van der Waals surface area (Å²) in [5.41, 5.74) is 0.0779. The van der Waals surface area contributed by atoms with Crippen LogP contribution in [0.1, 0.15) is 36.1 Å². The van der Waals surface area contributed by atoms with Crippen LogP contribution in [0.5, 0.6) is 0 Å². The highest BCUT2D eigenvalue weighted by molar-refractivity contribution is 7.09. The quantitative estimate of drug-likeness (QED) is 0.669. The number of carbonyl (C=O) groups excluding carboxylic acids is 3. The fraction of sp³-hybridized carbons (Fsp3) is 0.435. The van der Waals surface area contributed by atoms with Crippen LogP contribution in [0.4, 0.5) is 4.79 Å². The summed E-state index contributed by atoms with van der Waals surface area (Å²) < 4.78 is 0. The van der Waals surface area contributed by atoms with Crippen LogP contribution in [-0.4, -0.2) is 41.4 Å². The third-order valence-corrected chi connectivity index (χ3v) is 7.17. The third-order valence-electron chi connectivity index (χ3n) is 6.23. The largest absolute Gasteiger partial charge is 0.343 e. The molecule has 2 N–H and O–H groups in total. The smallest absolute Gasteiger partial charge is 0.322 e. The van der Waals surface area contributed by atoms with Gasteiger partial charge in [-0.25, -0.2) is 4.79 Å². The van der Waals surface area contributed by atoms with E-state index in [0.29, 0.717) is 38.8 Å². The van der Waals surface area contributed by atoms with Gasteiger partial charge in [0.05, 0.1) is 0 Å². The van der Waals surface area contributed by atoms with Gasteiger partial charge in [0.25, 0.3) is 5.91 Å². The standard InChI is InChI=1S/C23H27N3O3S/c27-20(10-4-8-19-9-5-15-30-19)26-13-11-18(12-14-26)23(21(28)24-22(29)25-23)16-17-6-2-1-3-7-17/h1-3,5-7,9,15,18H,4,8,10-14,16H2,(H2,24,25,28,29). The average molecular weight is 426 g/mol. The summed E-state index contributed by atoms with van der Waals surface area (Å²) in [6.07, 6.45) is 4.22. The molecule has 158 valence electrons. The molecule has 4 rings (SSSR count). The van der Waals surface area contributed by atoms with E-state index in [4.69, 9.17) is 0 Å². The number of likely N-dealkylation sites (tertiary alicyclic amines) is 1. The zero-order valence-electron chi connectivity index (χ0n) is 16.9. The zero-order chi connectivity index (χ0) is 21.0. The topological polar surface area (TPSA) is 78.5 Å². The van der Waals surface area contributed by atoms with Crippen molar-refractivity contribution in [1.29, 1.82) is 0 Å². The SMILES string of the molecule is O=C1NC(=O)C(Cc2ccccc2)(C2CCN(C(=O)CCCc3cccs3)CC2)N1. The van der Waals surface area contributed by atoms with Crippen LogP contribution in [0.3, 0.4) is 0 Å². The Morgan fingerprint density at radius 2 is 1.87 bits per heavy atom. The number of piperidine rings is 1. The molecule has 4 amide bonds. The second-order valence-electron chi connectivity index (χ2n) is 8.13. The van der Waals surface area contributed by atoms with Gasteiger partial charge in [0.1, 0.15) is 5.54 Å². The zero-order valence-corrected chi connectivity index (χ0v) is 17.7. The minimum absolute atomic E-state index is 0.000625. The van der Waals surface area contributed by atoms with Gasteiger partial charge < -0.3 is 10.2 Å². The number of hydrogen-bond acceptors (Lipinski definition) is 4. The normalized spacial score (nSPS) is 22.1. The minimum Gasteiger partial charge on any atom is -0.343 e. The molecule has 30 heavy (non-hydrogen) atoms. The van der Waals surface area contributed by atoms with Crippen molar-refractivity contribution < 1.29 is 14.4 Å². The van der Waals surface area contributed by atoms with Crippen LogP contribution in [0.15, 0.2) is 47.8 Å². The molecular formula is C23H27N3O3S. The monoisotopic (exact) mass is 425 g/mol. The van der Waals surface area contributed by atoms with E-state index in [0.717, 1.165) is 18.4 Å². The summed E-state index contributed by atoms with van der Waals surface area (Å²) in [6.45, 7) is 1.25. The Hall–Kier alpha value is -2.67. The van der Waals surface area contributed by atoms with Crippen molar-refractivity contribution in [3.8, 4) is 0 Å². The van der Waals surface area contributed by atoms with E-state index in [1.807, 2.05) is 41.3 Å². The molecule has 2 fully saturated rings. The molecule has 3 heterocycles. The maximum Gasteiger partial charge on any atom is 0.322 e. The first-order chi connectivity index (χ1) is 14.6. The highest BCUT2D eigenvalue weighted by atomic mass is 32.1. The number of hydrogen-bond donors (Lipinski definition) is 2. The third kappa shape index (κ3) is 4.41. The lowest BCUT2D eigenvalue weighted by molar-refractivity contribution is -0.133. The Balaban J connectivity index is 1.36. The Bertz CT molecular complexity index is 892. The number of amides is 4. The summed E-state index contributed by atoms with van der Waals surface area (Å²) >= 11 is 1.73. The average Bonchev–Trinajstić information content (AvgIpc) is 3.37. The molecule has 1 unspecified atom stereocenters. The van der Waals surface area contributed by atoms with E-state index >= 15 is 0 Å². The van der Waals surface area contributed by atoms with Gasteiger partial charge in [-0.2, -0.15) is 0 Å². The summed E-state index contributed by atoms with van der Waals surface area (Å²) in [5.74, 6) is -0.0709. The summed E-state index contributed by atoms with van der Waals surface area (Å²) in [4.78, 5) is 40.6. The molecule has 7 heteroatoms. The number of nitrogens with zero attached hydrogens (tertiary/aromatic N) is 1. The van der Waals surface area contributed by atoms with Crippen molar-refractivity contribution in [3.05, 3.63) is 58.3 Å². The molecule has 2 saturated heterocycles. The van der Waals surface area contributed by atoms with Gasteiger partial charge in [0.2, 0.25) is 5.91 Å². The Labute approximate surface area is 180 Å². The number of carbonyl (C=O) groups is 3. The van der Waals surface area contributed by atoms with E-state index in [1.54, 1.807) is 11.3 Å². The molecule has 6 nitrogen and oxygen atoms in total. The van der Waals surface area contributed by atoms with Crippen LogP contribution >= 0.6 is 11.3 Å². The lowest BCUT2D eigenvalue weighted by Crippen LogP contribution is -2.57. The Kier molecular flexibility index (Phi) is 6.18. The van der Waals surface area contributed by atoms with Crippen LogP contribution in [-0.2, 0) is 22.4 Å². The fourth-order valence-corrected chi connectivity index (χ4v) is 5.38. The molecule has 1 aromatic heterocycles. The van der Waals surface area contributed by atoms with Crippen molar-refractivity contribution in [3.63, 3.8) is 0 Å². The maximum absolute atomic E-state index is 12.8. The maximum atomic E-state index is 12.8. The molecule has 2 aromatic rings. The van der Waals surface area contributed by atoms with E-state index in [9.17, 15) is 14.4 Å². The number of urea groups is 1. The summed E-state index contributed by atoms with van der Waals surface area (Å²) in [7, 11) is 0. The molecule has 1 aromatic carbocycles. The van der Waals surface area contributed by atoms with Crippen molar-refractivity contribution in [2.45, 2.75) is 44.1 Å². The first-order valence-corrected chi connectivity index (χ1v) is 11.4. The van der Waals surface area contributed by atoms with Crippen molar-refractivity contribution in [1.82, 2.24) is 15.5 Å². The molecule has 0 bridgehead atoms. The van der Waals surface area contributed by atoms with Gasteiger partial charge in [-0.15, -0.1) is 11.3 Å². The van der Waals surface area contributed by atoms with Gasteiger partial charge >= 0.3 is 6.03 Å². The lowest BCUT2D eigenvalue weighted by Gasteiger charge is -2.40. The van der Waals surface area contributed by atoms with E-state index in [-0.39, 0.29) is 17.7 Å². The molecular weight excluding hydrogens is 398 g/mol. The highest BCUT2D eigenvalue weighted by Crippen LogP contribution is 2.34. The summed E-state index contributed by atoms with van der Waals surface area (Å²) in [6, 6.07) is 13.5. The Morgan fingerprint density at radius 1 is 1.10 bits per heavy atom. The predicted molar refractivity (Wildman–Crippen MR) is 116 cm³/mol. The second-order valence-corrected chi connectivity index (χ2v) is 9.16. The number of aryl methyl sites for hydroxylation is 1. The van der Waals surface area contributed by atoms with Gasteiger partial charge in [-0.1, -0.05) is 36.4 Å². The van der Waals surface area contributed by atoms with Crippen LogP contribution in [0, 0.1) is 5.92 Å². The number of nitrogens with one attached hydrogen (secondary N) is 2. The number of benzene rings is 1. The van der Waals surface area contributed by atoms with E-state index < -0.39 is 11.6 Å².